The van der Waals surface area contributed by atoms with Gasteiger partial charge < -0.3 is 15.0 Å². The standard InChI is InChI=1S/C28H31F2N3O5S/c1-4-26(28(35)31-3)32(18-20-6-8-21(29)9-7-20)27(34)19-33(23-12-10-22(30)11-13-23)39(36,37)25-16-14-24(15-17-25)38-5-2/h6-17,26H,4-5,18-19H2,1-3H3,(H,31,35)/t26-/m0/s1. The second-order valence-electron chi connectivity index (χ2n) is 8.58. The molecule has 0 aromatic heterocycles. The molecule has 0 saturated heterocycles. The molecular formula is C28H31F2N3O5S. The maximum absolute atomic E-state index is 13.8. The summed E-state index contributed by atoms with van der Waals surface area (Å²) in [4.78, 5) is 27.6. The highest BCUT2D eigenvalue weighted by Gasteiger charge is 2.33. The number of hydrogen-bond acceptors (Lipinski definition) is 5. The van der Waals surface area contributed by atoms with Crippen molar-refractivity contribution in [2.24, 2.45) is 0 Å². The molecular weight excluding hydrogens is 528 g/mol. The van der Waals surface area contributed by atoms with E-state index in [4.69, 9.17) is 4.74 Å². The van der Waals surface area contributed by atoms with Crippen molar-refractivity contribution >= 4 is 27.5 Å². The number of amides is 2. The Hall–Kier alpha value is -3.99. The third-order valence-corrected chi connectivity index (χ3v) is 7.80. The largest absolute Gasteiger partial charge is 0.494 e. The second kappa shape index (κ2) is 13.2. The maximum atomic E-state index is 13.8. The molecule has 8 nitrogen and oxygen atoms in total. The summed E-state index contributed by atoms with van der Waals surface area (Å²) in [7, 11) is -2.87. The minimum absolute atomic E-state index is 0.0633. The topological polar surface area (TPSA) is 96.0 Å². The molecule has 0 spiro atoms. The van der Waals surface area contributed by atoms with Gasteiger partial charge in [-0.15, -0.1) is 0 Å². The number of nitrogens with one attached hydrogen (secondary N) is 1. The van der Waals surface area contributed by atoms with Crippen LogP contribution in [-0.4, -0.2) is 51.4 Å². The van der Waals surface area contributed by atoms with E-state index in [1.54, 1.807) is 13.8 Å². The number of hydrogen-bond donors (Lipinski definition) is 1. The van der Waals surface area contributed by atoms with Crippen LogP contribution in [0.5, 0.6) is 5.75 Å². The van der Waals surface area contributed by atoms with Crippen molar-refractivity contribution in [1.82, 2.24) is 10.2 Å². The fraction of sp³-hybridized carbons (Fsp3) is 0.286. The summed E-state index contributed by atoms with van der Waals surface area (Å²) < 4.78 is 61.0. The van der Waals surface area contributed by atoms with Crippen molar-refractivity contribution in [3.63, 3.8) is 0 Å². The molecule has 0 aliphatic carbocycles. The Bertz CT molecular complexity index is 1370. The normalized spacial score (nSPS) is 11.9. The van der Waals surface area contributed by atoms with Crippen LogP contribution < -0.4 is 14.4 Å². The summed E-state index contributed by atoms with van der Waals surface area (Å²) in [5.41, 5.74) is 0.614. The molecule has 0 aliphatic rings. The van der Waals surface area contributed by atoms with Gasteiger partial charge in [0.2, 0.25) is 11.8 Å². The molecule has 1 atom stereocenters. The van der Waals surface area contributed by atoms with E-state index in [1.165, 1.54) is 72.6 Å². The van der Waals surface area contributed by atoms with E-state index >= 15 is 0 Å². The van der Waals surface area contributed by atoms with Crippen LogP contribution in [0.15, 0.2) is 77.7 Å². The van der Waals surface area contributed by atoms with Crippen LogP contribution in [-0.2, 0) is 26.2 Å². The number of likely N-dealkylation sites (N-methyl/N-ethyl adjacent to an activating group) is 1. The number of carbonyl (C=O) groups is 2. The second-order valence-corrected chi connectivity index (χ2v) is 10.4. The Balaban J connectivity index is 2.03. The highest BCUT2D eigenvalue weighted by molar-refractivity contribution is 7.92. The molecule has 3 aromatic rings. The van der Waals surface area contributed by atoms with E-state index in [2.05, 4.69) is 5.32 Å². The number of anilines is 1. The van der Waals surface area contributed by atoms with Gasteiger partial charge >= 0.3 is 0 Å². The highest BCUT2D eigenvalue weighted by Crippen LogP contribution is 2.26. The molecule has 1 N–H and O–H groups in total. The Morgan fingerprint density at radius 3 is 1.97 bits per heavy atom. The van der Waals surface area contributed by atoms with Crippen molar-refractivity contribution in [1.29, 1.82) is 0 Å². The smallest absolute Gasteiger partial charge is 0.264 e. The van der Waals surface area contributed by atoms with E-state index in [1.807, 2.05) is 0 Å². The van der Waals surface area contributed by atoms with Crippen LogP contribution in [0.4, 0.5) is 14.5 Å². The zero-order chi connectivity index (χ0) is 28.6. The van der Waals surface area contributed by atoms with Gasteiger partial charge in [-0.25, -0.2) is 17.2 Å². The fourth-order valence-electron chi connectivity index (χ4n) is 4.01. The van der Waals surface area contributed by atoms with E-state index < -0.39 is 46.1 Å². The third-order valence-electron chi connectivity index (χ3n) is 6.01. The first-order valence-electron chi connectivity index (χ1n) is 12.4. The number of halogens is 2. The van der Waals surface area contributed by atoms with Crippen molar-refractivity contribution < 1.29 is 31.5 Å². The quantitative estimate of drug-likeness (QED) is 0.360. The lowest BCUT2D eigenvalue weighted by Crippen LogP contribution is -2.51. The van der Waals surface area contributed by atoms with Gasteiger partial charge in [-0.1, -0.05) is 19.1 Å². The molecule has 0 heterocycles. The number of sulfonamides is 1. The lowest BCUT2D eigenvalue weighted by atomic mass is 10.1. The molecule has 0 fully saturated rings. The fourth-order valence-corrected chi connectivity index (χ4v) is 5.42. The van der Waals surface area contributed by atoms with Gasteiger partial charge in [-0.2, -0.15) is 0 Å². The minimum atomic E-state index is -4.31. The van der Waals surface area contributed by atoms with Crippen LogP contribution in [0.2, 0.25) is 0 Å². The zero-order valence-electron chi connectivity index (χ0n) is 21.9. The Morgan fingerprint density at radius 2 is 1.46 bits per heavy atom. The van der Waals surface area contributed by atoms with Gasteiger partial charge in [0.05, 0.1) is 17.2 Å². The summed E-state index contributed by atoms with van der Waals surface area (Å²) in [6.45, 7) is 3.18. The molecule has 0 unspecified atom stereocenters. The van der Waals surface area contributed by atoms with E-state index in [0.29, 0.717) is 17.9 Å². The van der Waals surface area contributed by atoms with Crippen LogP contribution in [0, 0.1) is 11.6 Å². The van der Waals surface area contributed by atoms with Crippen molar-refractivity contribution in [3.8, 4) is 5.75 Å². The maximum Gasteiger partial charge on any atom is 0.264 e. The summed E-state index contributed by atoms with van der Waals surface area (Å²) in [5.74, 6) is -1.67. The zero-order valence-corrected chi connectivity index (χ0v) is 22.8. The molecule has 0 saturated carbocycles. The molecule has 3 aromatic carbocycles. The predicted molar refractivity (Wildman–Crippen MR) is 144 cm³/mol. The van der Waals surface area contributed by atoms with Crippen molar-refractivity contribution in [2.75, 3.05) is 24.5 Å². The van der Waals surface area contributed by atoms with Gasteiger partial charge in [0, 0.05) is 13.6 Å². The monoisotopic (exact) mass is 559 g/mol. The van der Waals surface area contributed by atoms with Crippen LogP contribution in [0.1, 0.15) is 25.8 Å². The SMILES string of the molecule is CCOc1ccc(S(=O)(=O)N(CC(=O)N(Cc2ccc(F)cc2)[C@@H](CC)C(=O)NC)c2ccc(F)cc2)cc1. The lowest BCUT2D eigenvalue weighted by molar-refractivity contribution is -0.140. The minimum Gasteiger partial charge on any atom is -0.494 e. The highest BCUT2D eigenvalue weighted by atomic mass is 32.2. The first kappa shape index (κ1) is 29.6. The molecule has 39 heavy (non-hydrogen) atoms. The van der Waals surface area contributed by atoms with E-state index in [-0.39, 0.29) is 23.5 Å². The molecule has 208 valence electrons. The summed E-state index contributed by atoms with van der Waals surface area (Å²) in [5, 5.41) is 2.53. The predicted octanol–water partition coefficient (Wildman–Crippen LogP) is 4.11. The van der Waals surface area contributed by atoms with Crippen LogP contribution in [0.3, 0.4) is 0 Å². The molecule has 0 aliphatic heterocycles. The molecule has 0 radical (unpaired) electrons. The number of nitrogens with zero attached hydrogens (tertiary/aromatic N) is 2. The average molecular weight is 560 g/mol. The van der Waals surface area contributed by atoms with Crippen molar-refractivity contribution in [2.45, 2.75) is 37.8 Å². The van der Waals surface area contributed by atoms with E-state index in [9.17, 15) is 26.8 Å². The van der Waals surface area contributed by atoms with Gasteiger partial charge in [0.25, 0.3) is 10.0 Å². The summed E-state index contributed by atoms with van der Waals surface area (Å²) in [6, 6.07) is 14.9. The lowest BCUT2D eigenvalue weighted by Gasteiger charge is -2.33. The third kappa shape index (κ3) is 7.32. The summed E-state index contributed by atoms with van der Waals surface area (Å²) in [6.07, 6.45) is 0.245. The first-order chi connectivity index (χ1) is 18.6. The van der Waals surface area contributed by atoms with Crippen LogP contribution >= 0.6 is 0 Å². The van der Waals surface area contributed by atoms with Gasteiger partial charge in [0.15, 0.2) is 0 Å². The van der Waals surface area contributed by atoms with Gasteiger partial charge in [0.1, 0.15) is 30.0 Å². The number of benzene rings is 3. The first-order valence-corrected chi connectivity index (χ1v) is 13.8. The van der Waals surface area contributed by atoms with Gasteiger partial charge in [-0.05, 0) is 79.6 Å². The number of carbonyl (C=O) groups excluding carboxylic acids is 2. The number of rotatable bonds is 12. The Labute approximate surface area is 227 Å². The number of ether oxygens (including phenoxy) is 1. The molecule has 3 rings (SSSR count). The molecule has 0 bridgehead atoms. The average Bonchev–Trinajstić information content (AvgIpc) is 2.93. The molecule has 2 amide bonds. The Kier molecular flexibility index (Phi) is 10.00. The van der Waals surface area contributed by atoms with Gasteiger partial charge in [-0.3, -0.25) is 13.9 Å². The molecule has 11 heteroatoms. The summed E-state index contributed by atoms with van der Waals surface area (Å²) >= 11 is 0. The van der Waals surface area contributed by atoms with E-state index in [0.717, 1.165) is 16.4 Å². The van der Waals surface area contributed by atoms with Crippen molar-refractivity contribution in [3.05, 3.63) is 90.0 Å². The van der Waals surface area contributed by atoms with Crippen LogP contribution in [0.25, 0.3) is 0 Å². The Morgan fingerprint density at radius 1 is 0.897 bits per heavy atom.